The average molecular weight is 368 g/mol. The van der Waals surface area contributed by atoms with Gasteiger partial charge in [-0.1, -0.05) is 30.3 Å². The van der Waals surface area contributed by atoms with Crippen LogP contribution in [0.5, 0.6) is 0 Å². The fourth-order valence-corrected chi connectivity index (χ4v) is 4.61. The largest absolute Gasteiger partial charge is 0.373 e. The highest BCUT2D eigenvalue weighted by atomic mass is 32.1. The molecule has 1 atom stereocenters. The zero-order chi connectivity index (χ0) is 17.8. The van der Waals surface area contributed by atoms with Crippen molar-refractivity contribution >= 4 is 11.3 Å². The molecule has 4 rings (SSSR count). The monoisotopic (exact) mass is 367 g/mol. The van der Waals surface area contributed by atoms with Crippen LogP contribution in [0.3, 0.4) is 0 Å². The Kier molecular flexibility index (Phi) is 5.48. The number of hydrogen-bond acceptors (Lipinski definition) is 4. The van der Waals surface area contributed by atoms with Crippen molar-refractivity contribution in [1.82, 2.24) is 15.1 Å². The van der Waals surface area contributed by atoms with Crippen LogP contribution in [0.15, 0.2) is 48.5 Å². The Morgan fingerprint density at radius 2 is 2.04 bits per heavy atom. The predicted octanol–water partition coefficient (Wildman–Crippen LogP) is 5.01. The Labute approximate surface area is 158 Å². The minimum absolute atomic E-state index is 0.314. The molecule has 0 amide bonds. The summed E-state index contributed by atoms with van der Waals surface area (Å²) >= 11 is 1.89. The molecule has 2 aromatic heterocycles. The second kappa shape index (κ2) is 8.16. The van der Waals surface area contributed by atoms with Gasteiger partial charge in [0.1, 0.15) is 0 Å². The van der Waals surface area contributed by atoms with E-state index < -0.39 is 0 Å². The Morgan fingerprint density at radius 3 is 2.85 bits per heavy atom. The van der Waals surface area contributed by atoms with Crippen LogP contribution >= 0.6 is 11.3 Å². The molecule has 4 nitrogen and oxygen atoms in total. The van der Waals surface area contributed by atoms with E-state index in [4.69, 9.17) is 4.74 Å². The van der Waals surface area contributed by atoms with Crippen LogP contribution in [-0.4, -0.2) is 28.8 Å². The van der Waals surface area contributed by atoms with Gasteiger partial charge in [0.2, 0.25) is 0 Å². The molecule has 0 spiro atoms. The molecule has 1 unspecified atom stereocenters. The first kappa shape index (κ1) is 17.5. The normalized spacial score (nSPS) is 17.7. The van der Waals surface area contributed by atoms with Crippen molar-refractivity contribution in [3.63, 3.8) is 0 Å². The highest BCUT2D eigenvalue weighted by Gasteiger charge is 2.18. The average Bonchev–Trinajstić information content (AvgIpc) is 3.33. The van der Waals surface area contributed by atoms with Crippen LogP contribution in [0, 0.1) is 0 Å². The Hall–Kier alpha value is -1.95. The number of nitrogens with zero attached hydrogens (tertiary/aromatic N) is 2. The molecular weight excluding hydrogens is 342 g/mol. The van der Waals surface area contributed by atoms with E-state index in [2.05, 4.69) is 52.5 Å². The Bertz CT molecular complexity index is 821. The zero-order valence-corrected chi connectivity index (χ0v) is 16.0. The van der Waals surface area contributed by atoms with E-state index in [1.54, 1.807) is 0 Å². The van der Waals surface area contributed by atoms with E-state index in [1.807, 2.05) is 29.5 Å². The van der Waals surface area contributed by atoms with E-state index in [1.165, 1.54) is 22.6 Å². The summed E-state index contributed by atoms with van der Waals surface area (Å²) in [5.74, 6) is 0. The SMILES string of the molecule is CN(Cc1cc(-c2ccccc2)n[nH]1)Cc1ccc(C2CCCCO2)s1. The third kappa shape index (κ3) is 4.23. The lowest BCUT2D eigenvalue weighted by atomic mass is 10.1. The number of hydrogen-bond donors (Lipinski definition) is 1. The maximum Gasteiger partial charge on any atom is 0.0924 e. The van der Waals surface area contributed by atoms with E-state index in [0.717, 1.165) is 43.1 Å². The smallest absolute Gasteiger partial charge is 0.0924 e. The molecule has 5 heteroatoms. The van der Waals surface area contributed by atoms with Gasteiger partial charge in [0, 0.05) is 40.7 Å². The molecule has 0 saturated carbocycles. The van der Waals surface area contributed by atoms with Crippen LogP contribution in [0.4, 0.5) is 0 Å². The molecule has 3 heterocycles. The minimum Gasteiger partial charge on any atom is -0.373 e. The van der Waals surface area contributed by atoms with Crippen molar-refractivity contribution in [1.29, 1.82) is 0 Å². The van der Waals surface area contributed by atoms with Gasteiger partial charge >= 0.3 is 0 Å². The maximum atomic E-state index is 5.91. The molecule has 0 aliphatic carbocycles. The minimum atomic E-state index is 0.314. The summed E-state index contributed by atoms with van der Waals surface area (Å²) in [4.78, 5) is 5.08. The summed E-state index contributed by atoms with van der Waals surface area (Å²) in [5, 5.41) is 7.62. The molecular formula is C21H25N3OS. The van der Waals surface area contributed by atoms with E-state index in [-0.39, 0.29) is 0 Å². The maximum absolute atomic E-state index is 5.91. The van der Waals surface area contributed by atoms with E-state index in [0.29, 0.717) is 6.10 Å². The summed E-state index contributed by atoms with van der Waals surface area (Å²) in [7, 11) is 2.15. The second-order valence-electron chi connectivity index (χ2n) is 6.98. The van der Waals surface area contributed by atoms with Crippen molar-refractivity contribution < 1.29 is 4.74 Å². The summed E-state index contributed by atoms with van der Waals surface area (Å²) < 4.78 is 5.91. The lowest BCUT2D eigenvalue weighted by Gasteiger charge is -2.21. The first-order chi connectivity index (χ1) is 12.8. The Morgan fingerprint density at radius 1 is 1.15 bits per heavy atom. The molecule has 1 N–H and O–H groups in total. The fraction of sp³-hybridized carbons (Fsp3) is 0.381. The molecule has 1 aliphatic heterocycles. The van der Waals surface area contributed by atoms with Gasteiger partial charge in [0.15, 0.2) is 0 Å². The van der Waals surface area contributed by atoms with E-state index in [9.17, 15) is 0 Å². The molecule has 0 bridgehead atoms. The standard InChI is InChI=1S/C21H25N3OS/c1-24(14-17-13-19(23-22-17)16-7-3-2-4-8-16)15-18-10-11-21(26-18)20-9-5-6-12-25-20/h2-4,7-8,10-11,13,20H,5-6,9,12,14-15H2,1H3,(H,22,23). The number of ether oxygens (including phenoxy) is 1. The van der Waals surface area contributed by atoms with Gasteiger partial charge < -0.3 is 4.74 Å². The summed E-state index contributed by atoms with van der Waals surface area (Å²) in [6.07, 6.45) is 3.95. The van der Waals surface area contributed by atoms with Crippen LogP contribution in [-0.2, 0) is 17.8 Å². The Balaban J connectivity index is 1.35. The highest BCUT2D eigenvalue weighted by molar-refractivity contribution is 7.12. The second-order valence-corrected chi connectivity index (χ2v) is 8.18. The summed E-state index contributed by atoms with van der Waals surface area (Å²) in [6, 6.07) is 16.9. The lowest BCUT2D eigenvalue weighted by Crippen LogP contribution is -2.16. The number of benzene rings is 1. The quantitative estimate of drug-likeness (QED) is 0.666. The van der Waals surface area contributed by atoms with Gasteiger partial charge in [-0.25, -0.2) is 0 Å². The number of H-pyrrole nitrogens is 1. The van der Waals surface area contributed by atoms with Crippen LogP contribution < -0.4 is 0 Å². The van der Waals surface area contributed by atoms with Crippen molar-refractivity contribution in [3.8, 4) is 11.3 Å². The van der Waals surface area contributed by atoms with Gasteiger partial charge in [-0.3, -0.25) is 10.00 Å². The topological polar surface area (TPSA) is 41.2 Å². The molecule has 3 aromatic rings. The molecule has 1 aliphatic rings. The highest BCUT2D eigenvalue weighted by Crippen LogP contribution is 2.33. The van der Waals surface area contributed by atoms with Crippen molar-refractivity contribution in [2.75, 3.05) is 13.7 Å². The van der Waals surface area contributed by atoms with Crippen molar-refractivity contribution in [2.24, 2.45) is 0 Å². The van der Waals surface area contributed by atoms with Gasteiger partial charge in [0.05, 0.1) is 11.8 Å². The predicted molar refractivity (Wildman–Crippen MR) is 106 cm³/mol. The third-order valence-electron chi connectivity index (χ3n) is 4.75. The molecule has 26 heavy (non-hydrogen) atoms. The van der Waals surface area contributed by atoms with Crippen molar-refractivity contribution in [2.45, 2.75) is 38.5 Å². The lowest BCUT2D eigenvalue weighted by molar-refractivity contribution is 0.0172. The number of nitrogens with one attached hydrogen (secondary N) is 1. The van der Waals surface area contributed by atoms with Gasteiger partial charge in [-0.15, -0.1) is 11.3 Å². The first-order valence-corrected chi connectivity index (χ1v) is 10.1. The summed E-state index contributed by atoms with van der Waals surface area (Å²) in [5.41, 5.74) is 3.29. The van der Waals surface area contributed by atoms with Crippen LogP contribution in [0.25, 0.3) is 11.3 Å². The number of aromatic nitrogens is 2. The third-order valence-corrected chi connectivity index (χ3v) is 5.91. The molecule has 1 saturated heterocycles. The van der Waals surface area contributed by atoms with Gasteiger partial charge in [-0.05, 0) is 44.5 Å². The number of rotatable bonds is 6. The number of thiophene rings is 1. The zero-order valence-electron chi connectivity index (χ0n) is 15.1. The molecule has 1 aromatic carbocycles. The molecule has 1 fully saturated rings. The van der Waals surface area contributed by atoms with Crippen molar-refractivity contribution in [3.05, 3.63) is 64.0 Å². The van der Waals surface area contributed by atoms with E-state index >= 15 is 0 Å². The first-order valence-electron chi connectivity index (χ1n) is 9.26. The number of aromatic amines is 1. The fourth-order valence-electron chi connectivity index (χ4n) is 3.43. The van der Waals surface area contributed by atoms with Gasteiger partial charge in [-0.2, -0.15) is 5.10 Å². The van der Waals surface area contributed by atoms with Crippen LogP contribution in [0.2, 0.25) is 0 Å². The molecule has 0 radical (unpaired) electrons. The van der Waals surface area contributed by atoms with Gasteiger partial charge in [0.25, 0.3) is 0 Å². The summed E-state index contributed by atoms with van der Waals surface area (Å²) in [6.45, 7) is 2.70. The molecule has 136 valence electrons. The van der Waals surface area contributed by atoms with Crippen LogP contribution in [0.1, 0.15) is 40.8 Å².